The van der Waals surface area contributed by atoms with Crippen LogP contribution in [0, 0.1) is 18.8 Å². The van der Waals surface area contributed by atoms with Gasteiger partial charge in [0.2, 0.25) is 0 Å². The van der Waals surface area contributed by atoms with Crippen molar-refractivity contribution in [3.05, 3.63) is 76.2 Å². The van der Waals surface area contributed by atoms with E-state index in [2.05, 4.69) is 27.2 Å². The number of halogens is 1. The van der Waals surface area contributed by atoms with Gasteiger partial charge in [-0.1, -0.05) is 41.6 Å². The number of ether oxygens (including phenoxy) is 2. The molecule has 1 amide bonds. The van der Waals surface area contributed by atoms with Gasteiger partial charge in [-0.2, -0.15) is 5.10 Å². The van der Waals surface area contributed by atoms with Gasteiger partial charge < -0.3 is 14.8 Å². The molecule has 1 N–H and O–H groups in total. The molecule has 1 aromatic carbocycles. The lowest BCUT2D eigenvalue weighted by Gasteiger charge is -2.23. The maximum atomic E-state index is 12.9. The van der Waals surface area contributed by atoms with Crippen LogP contribution >= 0.6 is 11.6 Å². The van der Waals surface area contributed by atoms with Crippen molar-refractivity contribution in [1.82, 2.24) is 14.8 Å². The standard InChI is InChI=1S/C23H21ClN4O3/c1-16-11-18(8-7-17-5-3-2-4-6-17)12-25-22(16)27-23(29)21-20(24)13-26-28(21)14-19-15-30-9-10-31-19/h2-6,11-13,19H,9-10,14-15H2,1H3,(H,25,27,29). The average molecular weight is 437 g/mol. The monoisotopic (exact) mass is 436 g/mol. The van der Waals surface area contributed by atoms with Crippen molar-refractivity contribution in [1.29, 1.82) is 0 Å². The predicted molar refractivity (Wildman–Crippen MR) is 117 cm³/mol. The normalized spacial score (nSPS) is 15.7. The summed E-state index contributed by atoms with van der Waals surface area (Å²) in [6, 6.07) is 11.6. The van der Waals surface area contributed by atoms with Gasteiger partial charge in [0.25, 0.3) is 5.91 Å². The number of hydrogen-bond donors (Lipinski definition) is 1. The first kappa shape index (κ1) is 21.1. The van der Waals surface area contributed by atoms with Crippen molar-refractivity contribution in [3.63, 3.8) is 0 Å². The van der Waals surface area contributed by atoms with Crippen LogP contribution in [-0.2, 0) is 16.0 Å². The van der Waals surface area contributed by atoms with Crippen molar-refractivity contribution < 1.29 is 14.3 Å². The molecule has 3 aromatic rings. The number of aromatic nitrogens is 3. The highest BCUT2D eigenvalue weighted by atomic mass is 35.5. The van der Waals surface area contributed by atoms with Crippen LogP contribution in [0.15, 0.2) is 48.8 Å². The Morgan fingerprint density at radius 2 is 2.03 bits per heavy atom. The van der Waals surface area contributed by atoms with Crippen molar-refractivity contribution >= 4 is 23.3 Å². The summed E-state index contributed by atoms with van der Waals surface area (Å²) in [5.41, 5.74) is 2.73. The first-order valence-electron chi connectivity index (χ1n) is 9.86. The molecule has 0 aliphatic carbocycles. The molecule has 0 spiro atoms. The maximum Gasteiger partial charge on any atom is 0.276 e. The van der Waals surface area contributed by atoms with Gasteiger partial charge in [0.05, 0.1) is 37.6 Å². The van der Waals surface area contributed by atoms with Crippen LogP contribution in [0.4, 0.5) is 5.82 Å². The second kappa shape index (κ2) is 9.75. The van der Waals surface area contributed by atoms with Crippen LogP contribution < -0.4 is 5.32 Å². The van der Waals surface area contributed by atoms with Gasteiger partial charge in [-0.05, 0) is 30.7 Å². The molecule has 2 aromatic heterocycles. The summed E-state index contributed by atoms with van der Waals surface area (Å²) < 4.78 is 12.6. The van der Waals surface area contributed by atoms with Crippen LogP contribution in [0.3, 0.4) is 0 Å². The minimum absolute atomic E-state index is 0.182. The molecule has 0 bridgehead atoms. The van der Waals surface area contributed by atoms with E-state index < -0.39 is 5.91 Å². The van der Waals surface area contributed by atoms with Crippen LogP contribution in [0.1, 0.15) is 27.2 Å². The maximum absolute atomic E-state index is 12.9. The lowest BCUT2D eigenvalue weighted by atomic mass is 10.1. The van der Waals surface area contributed by atoms with E-state index >= 15 is 0 Å². The molecule has 4 rings (SSSR count). The third-order valence-corrected chi connectivity index (χ3v) is 4.98. The molecule has 7 nitrogen and oxygen atoms in total. The summed E-state index contributed by atoms with van der Waals surface area (Å²) in [6.07, 6.45) is 2.89. The molecule has 31 heavy (non-hydrogen) atoms. The smallest absolute Gasteiger partial charge is 0.276 e. The fourth-order valence-electron chi connectivity index (χ4n) is 3.17. The molecule has 1 fully saturated rings. The Morgan fingerprint density at radius 1 is 1.23 bits per heavy atom. The summed E-state index contributed by atoms with van der Waals surface area (Å²) in [5.74, 6) is 6.23. The first-order chi connectivity index (χ1) is 15.1. The van der Waals surface area contributed by atoms with Gasteiger partial charge in [0.1, 0.15) is 17.6 Å². The Balaban J connectivity index is 1.48. The summed E-state index contributed by atoms with van der Waals surface area (Å²) in [7, 11) is 0. The number of pyridine rings is 1. The molecule has 1 saturated heterocycles. The number of nitrogens with one attached hydrogen (secondary N) is 1. The zero-order valence-electron chi connectivity index (χ0n) is 17.0. The topological polar surface area (TPSA) is 78.3 Å². The first-order valence-corrected chi connectivity index (χ1v) is 10.2. The Hall–Kier alpha value is -3.18. The van der Waals surface area contributed by atoms with Gasteiger partial charge in [-0.25, -0.2) is 4.98 Å². The number of aryl methyl sites for hydroxylation is 1. The highest BCUT2D eigenvalue weighted by Gasteiger charge is 2.23. The molecular weight excluding hydrogens is 416 g/mol. The summed E-state index contributed by atoms with van der Waals surface area (Å²) in [4.78, 5) is 17.3. The average Bonchev–Trinajstić information content (AvgIpc) is 3.15. The van der Waals surface area contributed by atoms with E-state index in [-0.39, 0.29) is 16.8 Å². The Morgan fingerprint density at radius 3 is 2.77 bits per heavy atom. The molecule has 0 saturated carbocycles. The van der Waals surface area contributed by atoms with E-state index in [0.29, 0.717) is 32.2 Å². The Labute approximate surface area is 185 Å². The lowest BCUT2D eigenvalue weighted by molar-refractivity contribution is -0.0947. The quantitative estimate of drug-likeness (QED) is 0.635. The molecule has 1 aliphatic heterocycles. The van der Waals surface area contributed by atoms with Crippen LogP contribution in [0.25, 0.3) is 0 Å². The number of carbonyl (C=O) groups is 1. The van der Waals surface area contributed by atoms with E-state index in [0.717, 1.165) is 16.7 Å². The molecular formula is C23H21ClN4O3. The van der Waals surface area contributed by atoms with Gasteiger partial charge in [-0.3, -0.25) is 9.48 Å². The molecule has 8 heteroatoms. The fourth-order valence-corrected chi connectivity index (χ4v) is 3.40. The fraction of sp³-hybridized carbons (Fsp3) is 0.261. The highest BCUT2D eigenvalue weighted by molar-refractivity contribution is 6.34. The van der Waals surface area contributed by atoms with Crippen molar-refractivity contribution in [2.24, 2.45) is 0 Å². The zero-order valence-corrected chi connectivity index (χ0v) is 17.7. The summed E-state index contributed by atoms with van der Waals surface area (Å²) in [6.45, 7) is 3.77. The summed E-state index contributed by atoms with van der Waals surface area (Å²) >= 11 is 6.23. The summed E-state index contributed by atoms with van der Waals surface area (Å²) in [5, 5.41) is 7.29. The second-order valence-corrected chi connectivity index (χ2v) is 7.46. The molecule has 1 aliphatic rings. The van der Waals surface area contributed by atoms with Crippen LogP contribution in [0.5, 0.6) is 0 Å². The van der Waals surface area contributed by atoms with Crippen LogP contribution in [0.2, 0.25) is 5.02 Å². The lowest BCUT2D eigenvalue weighted by Crippen LogP contribution is -2.34. The predicted octanol–water partition coefficient (Wildman–Crippen LogP) is 3.31. The minimum Gasteiger partial charge on any atom is -0.376 e. The third-order valence-electron chi connectivity index (χ3n) is 4.71. The van der Waals surface area contributed by atoms with Gasteiger partial charge in [0.15, 0.2) is 0 Å². The van der Waals surface area contributed by atoms with Gasteiger partial charge in [-0.15, -0.1) is 0 Å². The number of carbonyl (C=O) groups excluding carboxylic acids is 1. The molecule has 1 atom stereocenters. The third kappa shape index (κ3) is 5.30. The van der Waals surface area contributed by atoms with E-state index in [9.17, 15) is 4.79 Å². The molecule has 3 heterocycles. The Kier molecular flexibility index (Phi) is 6.63. The Bertz CT molecular complexity index is 1130. The highest BCUT2D eigenvalue weighted by Crippen LogP contribution is 2.20. The molecule has 0 radical (unpaired) electrons. The number of rotatable bonds is 4. The van der Waals surface area contributed by atoms with Crippen LogP contribution in [-0.4, -0.2) is 46.6 Å². The van der Waals surface area contributed by atoms with Crippen molar-refractivity contribution in [3.8, 4) is 11.8 Å². The SMILES string of the molecule is Cc1cc(C#Cc2ccccc2)cnc1NC(=O)c1c(Cl)cnn1CC1COCCO1. The largest absolute Gasteiger partial charge is 0.376 e. The number of hydrogen-bond acceptors (Lipinski definition) is 5. The van der Waals surface area contributed by atoms with E-state index in [4.69, 9.17) is 21.1 Å². The van der Waals surface area contributed by atoms with E-state index in [1.807, 2.05) is 43.3 Å². The van der Waals surface area contributed by atoms with E-state index in [1.165, 1.54) is 10.9 Å². The van der Waals surface area contributed by atoms with Crippen molar-refractivity contribution in [2.75, 3.05) is 25.1 Å². The van der Waals surface area contributed by atoms with Gasteiger partial charge in [0, 0.05) is 17.3 Å². The second-order valence-electron chi connectivity index (χ2n) is 7.05. The molecule has 1 unspecified atom stereocenters. The van der Waals surface area contributed by atoms with Crippen molar-refractivity contribution in [2.45, 2.75) is 19.6 Å². The number of benzene rings is 1. The van der Waals surface area contributed by atoms with E-state index in [1.54, 1.807) is 6.20 Å². The molecule has 158 valence electrons. The number of anilines is 1. The zero-order chi connectivity index (χ0) is 21.6. The number of nitrogens with zero attached hydrogens (tertiary/aromatic N) is 3. The number of amides is 1. The minimum atomic E-state index is -0.391. The van der Waals surface area contributed by atoms with Gasteiger partial charge >= 0.3 is 0 Å².